The molecule has 0 unspecified atom stereocenters. The molecule has 1 saturated heterocycles. The topological polar surface area (TPSA) is 82.3 Å². The number of carbonyl (C=O) groups is 1. The number of anilines is 2. The Hall–Kier alpha value is -3.04. The van der Waals surface area contributed by atoms with Crippen molar-refractivity contribution in [1.82, 2.24) is 4.90 Å². The van der Waals surface area contributed by atoms with Gasteiger partial charge in [0, 0.05) is 24.0 Å². The summed E-state index contributed by atoms with van der Waals surface area (Å²) in [5, 5.41) is 11.0. The van der Waals surface area contributed by atoms with E-state index in [1.54, 1.807) is 12.1 Å². The molecule has 0 radical (unpaired) electrons. The van der Waals surface area contributed by atoms with Crippen LogP contribution in [0.15, 0.2) is 47.1 Å². The van der Waals surface area contributed by atoms with Crippen LogP contribution in [-0.4, -0.2) is 47.9 Å². The van der Waals surface area contributed by atoms with Crippen LogP contribution in [-0.2, 0) is 4.79 Å². The molecule has 0 saturated carbocycles. The summed E-state index contributed by atoms with van der Waals surface area (Å²) in [7, 11) is 0. The Balaban J connectivity index is 1.45. The van der Waals surface area contributed by atoms with Crippen LogP contribution in [0, 0.1) is 10.1 Å². The van der Waals surface area contributed by atoms with E-state index in [2.05, 4.69) is 14.8 Å². The summed E-state index contributed by atoms with van der Waals surface area (Å²) in [6.45, 7) is 3.92. The molecule has 1 aromatic heterocycles. The summed E-state index contributed by atoms with van der Waals surface area (Å²) in [6.07, 6.45) is 5.47. The molecule has 154 valence electrons. The number of hydrogen-bond acceptors (Lipinski definition) is 7. The number of hydrogen-bond donors (Lipinski definition) is 0. The second-order valence-electron chi connectivity index (χ2n) is 7.56. The molecular weight excluding hydrogens is 402 g/mol. The summed E-state index contributed by atoms with van der Waals surface area (Å²) < 4.78 is 0. The second-order valence-corrected chi connectivity index (χ2v) is 8.65. The second kappa shape index (κ2) is 7.66. The molecule has 3 aliphatic heterocycles. The van der Waals surface area contributed by atoms with Crippen molar-refractivity contribution in [2.24, 2.45) is 4.99 Å². The van der Waals surface area contributed by atoms with Crippen molar-refractivity contribution in [2.75, 3.05) is 36.0 Å². The fourth-order valence-corrected chi connectivity index (χ4v) is 4.99. The van der Waals surface area contributed by atoms with Crippen LogP contribution in [0.1, 0.15) is 24.1 Å². The predicted molar refractivity (Wildman–Crippen MR) is 118 cm³/mol. The first kappa shape index (κ1) is 19.0. The Morgan fingerprint density at radius 2 is 1.83 bits per heavy atom. The zero-order chi connectivity index (χ0) is 20.7. The molecule has 1 fully saturated rings. The van der Waals surface area contributed by atoms with Crippen LogP contribution < -0.4 is 9.80 Å². The predicted octanol–water partition coefficient (Wildman–Crippen LogP) is 3.71. The van der Waals surface area contributed by atoms with E-state index in [0.29, 0.717) is 16.5 Å². The number of guanidine groups is 1. The zero-order valence-corrected chi connectivity index (χ0v) is 17.2. The Kier molecular flexibility index (Phi) is 4.84. The number of likely N-dealkylation sites (tertiary alicyclic amines) is 1. The van der Waals surface area contributed by atoms with Crippen molar-refractivity contribution in [1.29, 1.82) is 0 Å². The lowest BCUT2D eigenvalue weighted by Crippen LogP contribution is -2.41. The molecule has 3 aliphatic rings. The van der Waals surface area contributed by atoms with E-state index in [1.165, 1.54) is 25.3 Å². The van der Waals surface area contributed by atoms with Crippen LogP contribution in [0.5, 0.6) is 0 Å². The van der Waals surface area contributed by atoms with Gasteiger partial charge in [-0.15, -0.1) is 0 Å². The average Bonchev–Trinajstić information content (AvgIpc) is 3.42. The molecule has 30 heavy (non-hydrogen) atoms. The first-order chi connectivity index (χ1) is 14.6. The Labute approximate surface area is 177 Å². The van der Waals surface area contributed by atoms with Gasteiger partial charge < -0.3 is 9.80 Å². The molecule has 1 aromatic carbocycles. The molecule has 8 nitrogen and oxygen atoms in total. The first-order valence-electron chi connectivity index (χ1n) is 10.1. The molecule has 0 aliphatic carbocycles. The number of para-hydroxylation sites is 2. The molecule has 4 heterocycles. The highest BCUT2D eigenvalue weighted by Gasteiger charge is 2.42. The van der Waals surface area contributed by atoms with Gasteiger partial charge in [0.1, 0.15) is 5.70 Å². The monoisotopic (exact) mass is 423 g/mol. The molecular formula is C21H21N5O3S. The number of fused-ring (bicyclic) bond motifs is 3. The van der Waals surface area contributed by atoms with Gasteiger partial charge in [0.15, 0.2) is 0 Å². The summed E-state index contributed by atoms with van der Waals surface area (Å²) >= 11 is 1.05. The molecule has 0 bridgehead atoms. The van der Waals surface area contributed by atoms with Crippen molar-refractivity contribution < 1.29 is 9.72 Å². The number of thiophene rings is 1. The highest BCUT2D eigenvalue weighted by Crippen LogP contribution is 2.42. The van der Waals surface area contributed by atoms with Gasteiger partial charge in [0.25, 0.3) is 5.91 Å². The van der Waals surface area contributed by atoms with Crippen LogP contribution in [0.3, 0.4) is 0 Å². The van der Waals surface area contributed by atoms with E-state index in [4.69, 9.17) is 0 Å². The molecule has 2 aromatic rings. The molecule has 1 amide bonds. The molecule has 0 atom stereocenters. The van der Waals surface area contributed by atoms with Gasteiger partial charge in [-0.3, -0.25) is 19.8 Å². The van der Waals surface area contributed by atoms with E-state index in [0.717, 1.165) is 48.9 Å². The van der Waals surface area contributed by atoms with Gasteiger partial charge in [-0.05, 0) is 50.2 Å². The number of nitrogens with zero attached hydrogens (tertiary/aromatic N) is 5. The lowest BCUT2D eigenvalue weighted by Gasteiger charge is -2.29. The normalized spacial score (nSPS) is 19.9. The van der Waals surface area contributed by atoms with E-state index in [-0.39, 0.29) is 10.9 Å². The summed E-state index contributed by atoms with van der Waals surface area (Å²) in [5.74, 6) is 0.300. The van der Waals surface area contributed by atoms with Crippen LogP contribution in [0.25, 0.3) is 6.08 Å². The van der Waals surface area contributed by atoms with Crippen molar-refractivity contribution in [3.63, 3.8) is 0 Å². The largest absolute Gasteiger partial charge is 0.324 e. The maximum absolute atomic E-state index is 12.7. The molecule has 5 rings (SSSR count). The lowest BCUT2D eigenvalue weighted by atomic mass is 10.1. The quantitative estimate of drug-likeness (QED) is 0.414. The molecule has 9 heteroatoms. The highest BCUT2D eigenvalue weighted by atomic mass is 32.1. The van der Waals surface area contributed by atoms with Crippen molar-refractivity contribution in [3.05, 3.63) is 57.1 Å². The third-order valence-electron chi connectivity index (χ3n) is 5.68. The average molecular weight is 423 g/mol. The van der Waals surface area contributed by atoms with Gasteiger partial charge in [-0.1, -0.05) is 29.9 Å². The van der Waals surface area contributed by atoms with E-state index >= 15 is 0 Å². The highest BCUT2D eigenvalue weighted by molar-refractivity contribution is 7.16. The van der Waals surface area contributed by atoms with E-state index in [1.807, 2.05) is 29.2 Å². The minimum absolute atomic E-state index is 0.0541. The van der Waals surface area contributed by atoms with Gasteiger partial charge in [-0.2, -0.15) is 4.99 Å². The third kappa shape index (κ3) is 3.29. The number of carbonyl (C=O) groups excluding carboxylic acids is 1. The van der Waals surface area contributed by atoms with Gasteiger partial charge in [-0.25, -0.2) is 0 Å². The van der Waals surface area contributed by atoms with Crippen LogP contribution in [0.2, 0.25) is 0 Å². The number of aliphatic imine (C=N–C) groups is 1. The lowest BCUT2D eigenvalue weighted by molar-refractivity contribution is -0.380. The third-order valence-corrected chi connectivity index (χ3v) is 6.66. The zero-order valence-electron chi connectivity index (χ0n) is 16.4. The Bertz CT molecular complexity index is 1070. The smallest absolute Gasteiger partial charge is 0.308 e. The molecule has 0 N–H and O–H groups in total. The van der Waals surface area contributed by atoms with Crippen molar-refractivity contribution >= 4 is 45.7 Å². The minimum Gasteiger partial charge on any atom is -0.308 e. The first-order valence-corrected chi connectivity index (χ1v) is 10.9. The number of piperidine rings is 1. The van der Waals surface area contributed by atoms with Gasteiger partial charge >= 0.3 is 5.00 Å². The Morgan fingerprint density at radius 3 is 2.57 bits per heavy atom. The minimum atomic E-state index is -0.418. The number of benzene rings is 1. The van der Waals surface area contributed by atoms with Crippen LogP contribution in [0.4, 0.5) is 16.4 Å². The van der Waals surface area contributed by atoms with Crippen LogP contribution >= 0.6 is 11.3 Å². The van der Waals surface area contributed by atoms with Gasteiger partial charge in [0.2, 0.25) is 5.96 Å². The Morgan fingerprint density at radius 1 is 1.07 bits per heavy atom. The van der Waals surface area contributed by atoms with Crippen molar-refractivity contribution in [2.45, 2.75) is 19.3 Å². The number of nitro groups is 1. The van der Waals surface area contributed by atoms with Crippen molar-refractivity contribution in [3.8, 4) is 0 Å². The maximum Gasteiger partial charge on any atom is 0.324 e. The van der Waals surface area contributed by atoms with E-state index < -0.39 is 4.92 Å². The summed E-state index contributed by atoms with van der Waals surface area (Å²) in [4.78, 5) is 34.8. The molecule has 0 spiro atoms. The van der Waals surface area contributed by atoms with Gasteiger partial charge in [0.05, 0.1) is 16.3 Å². The van der Waals surface area contributed by atoms with E-state index in [9.17, 15) is 14.9 Å². The fraction of sp³-hybridized carbons (Fsp3) is 0.333. The fourth-order valence-electron chi connectivity index (χ4n) is 4.23. The summed E-state index contributed by atoms with van der Waals surface area (Å²) in [6, 6.07) is 11.1. The number of rotatable bonds is 5. The SMILES string of the molecule is O=C1N=C2N(CCN3CCCCC3)c3ccccc3N2/C1=C/c1ccc([N+](=O)[O-])s1. The maximum atomic E-state index is 12.7. The number of amides is 1. The summed E-state index contributed by atoms with van der Waals surface area (Å²) in [5.41, 5.74) is 2.37. The standard InChI is InChI=1S/C21H21N5O3S/c27-20-18(14-15-8-9-19(30-15)26(28)29)25-17-7-3-2-6-16(17)24(21(25)22-20)13-12-23-10-4-1-5-11-23/h2-3,6-9,14H,1,4-5,10-13H2/b18-14+.